The third-order valence-electron chi connectivity index (χ3n) is 3.58. The molecule has 2 N–H and O–H groups in total. The maximum absolute atomic E-state index is 11.9. The number of amides is 1. The molecule has 0 aliphatic carbocycles. The van der Waals surface area contributed by atoms with Gasteiger partial charge in [0.05, 0.1) is 13.7 Å². The number of benzene rings is 2. The van der Waals surface area contributed by atoms with E-state index in [9.17, 15) is 4.79 Å². The molecule has 2 aromatic rings. The zero-order valence-corrected chi connectivity index (χ0v) is 14.0. The standard InChI is InChI=1S/C19H24N2O2/c1-14-10-15(2)12-17(11-14)21-13-19(22)20-9-8-16-6-4-5-7-18(16)23-3/h4-7,10-12,21H,8-9,13H2,1-3H3,(H,20,22). The summed E-state index contributed by atoms with van der Waals surface area (Å²) in [5, 5.41) is 6.09. The van der Waals surface area contributed by atoms with Crippen molar-refractivity contribution >= 4 is 11.6 Å². The average molecular weight is 312 g/mol. The fourth-order valence-corrected chi connectivity index (χ4v) is 2.57. The molecule has 23 heavy (non-hydrogen) atoms. The van der Waals surface area contributed by atoms with Gasteiger partial charge in [-0.05, 0) is 55.2 Å². The summed E-state index contributed by atoms with van der Waals surface area (Å²) in [7, 11) is 1.66. The van der Waals surface area contributed by atoms with Crippen LogP contribution in [0, 0.1) is 13.8 Å². The number of carbonyl (C=O) groups is 1. The lowest BCUT2D eigenvalue weighted by atomic mass is 10.1. The predicted octanol–water partition coefficient (Wildman–Crippen LogP) is 3.08. The van der Waals surface area contributed by atoms with Crippen LogP contribution in [-0.2, 0) is 11.2 Å². The quantitative estimate of drug-likeness (QED) is 0.826. The van der Waals surface area contributed by atoms with E-state index < -0.39 is 0 Å². The Hall–Kier alpha value is -2.49. The summed E-state index contributed by atoms with van der Waals surface area (Å²) < 4.78 is 5.31. The highest BCUT2D eigenvalue weighted by Gasteiger charge is 2.04. The SMILES string of the molecule is COc1ccccc1CCNC(=O)CNc1cc(C)cc(C)c1. The number of hydrogen-bond donors (Lipinski definition) is 2. The first kappa shape index (κ1) is 16.9. The molecule has 0 fully saturated rings. The van der Waals surface area contributed by atoms with Crippen molar-refractivity contribution < 1.29 is 9.53 Å². The van der Waals surface area contributed by atoms with Gasteiger partial charge in [0.1, 0.15) is 5.75 Å². The maximum Gasteiger partial charge on any atom is 0.239 e. The first-order valence-corrected chi connectivity index (χ1v) is 7.79. The number of methoxy groups -OCH3 is 1. The average Bonchev–Trinajstić information content (AvgIpc) is 2.52. The lowest BCUT2D eigenvalue weighted by Crippen LogP contribution is -2.31. The molecule has 2 aromatic carbocycles. The number of para-hydroxylation sites is 1. The molecule has 4 heteroatoms. The van der Waals surface area contributed by atoms with Gasteiger partial charge in [-0.1, -0.05) is 24.3 Å². The van der Waals surface area contributed by atoms with Crippen LogP contribution in [0.15, 0.2) is 42.5 Å². The van der Waals surface area contributed by atoms with Crippen molar-refractivity contribution in [3.8, 4) is 5.75 Å². The Kier molecular flexibility index (Phi) is 6.03. The Labute approximate surface area is 137 Å². The molecule has 0 aliphatic heterocycles. The maximum atomic E-state index is 11.9. The van der Waals surface area contributed by atoms with Crippen molar-refractivity contribution in [2.75, 3.05) is 25.5 Å². The summed E-state index contributed by atoms with van der Waals surface area (Å²) in [4.78, 5) is 11.9. The number of nitrogens with one attached hydrogen (secondary N) is 2. The molecule has 0 saturated carbocycles. The summed E-state index contributed by atoms with van der Waals surface area (Å²) in [6, 6.07) is 14.0. The van der Waals surface area contributed by atoms with Gasteiger partial charge in [0.2, 0.25) is 5.91 Å². The van der Waals surface area contributed by atoms with Crippen molar-refractivity contribution in [2.45, 2.75) is 20.3 Å². The van der Waals surface area contributed by atoms with E-state index in [2.05, 4.69) is 16.7 Å². The molecular formula is C19H24N2O2. The smallest absolute Gasteiger partial charge is 0.239 e. The van der Waals surface area contributed by atoms with Crippen LogP contribution in [0.2, 0.25) is 0 Å². The van der Waals surface area contributed by atoms with Crippen LogP contribution < -0.4 is 15.4 Å². The van der Waals surface area contributed by atoms with Crippen molar-refractivity contribution in [3.05, 3.63) is 59.2 Å². The third-order valence-corrected chi connectivity index (χ3v) is 3.58. The molecule has 122 valence electrons. The Morgan fingerprint density at radius 2 is 1.78 bits per heavy atom. The fraction of sp³-hybridized carbons (Fsp3) is 0.316. The molecule has 0 aromatic heterocycles. The lowest BCUT2D eigenvalue weighted by Gasteiger charge is -2.11. The second-order valence-electron chi connectivity index (χ2n) is 5.64. The molecule has 1 amide bonds. The van der Waals surface area contributed by atoms with Gasteiger partial charge in [0.15, 0.2) is 0 Å². The first-order chi connectivity index (χ1) is 11.1. The fourth-order valence-electron chi connectivity index (χ4n) is 2.57. The number of rotatable bonds is 7. The van der Waals surface area contributed by atoms with Crippen LogP contribution in [0.3, 0.4) is 0 Å². The van der Waals surface area contributed by atoms with Crippen LogP contribution >= 0.6 is 0 Å². The molecule has 0 atom stereocenters. The highest BCUT2D eigenvalue weighted by Crippen LogP contribution is 2.17. The minimum Gasteiger partial charge on any atom is -0.496 e. The van der Waals surface area contributed by atoms with Gasteiger partial charge >= 0.3 is 0 Å². The lowest BCUT2D eigenvalue weighted by molar-refractivity contribution is -0.119. The first-order valence-electron chi connectivity index (χ1n) is 7.79. The Morgan fingerprint density at radius 1 is 1.09 bits per heavy atom. The minimum atomic E-state index is -0.0148. The molecule has 2 rings (SSSR count). The second-order valence-corrected chi connectivity index (χ2v) is 5.64. The van der Waals surface area contributed by atoms with Crippen LogP contribution in [0.4, 0.5) is 5.69 Å². The van der Waals surface area contributed by atoms with E-state index in [1.54, 1.807) is 7.11 Å². The molecular weight excluding hydrogens is 288 g/mol. The monoisotopic (exact) mass is 312 g/mol. The van der Waals surface area contributed by atoms with E-state index in [-0.39, 0.29) is 12.5 Å². The van der Waals surface area contributed by atoms with Crippen LogP contribution in [0.25, 0.3) is 0 Å². The van der Waals surface area contributed by atoms with E-state index in [4.69, 9.17) is 4.74 Å². The highest BCUT2D eigenvalue weighted by molar-refractivity contribution is 5.80. The van der Waals surface area contributed by atoms with E-state index in [0.29, 0.717) is 6.54 Å². The number of anilines is 1. The normalized spacial score (nSPS) is 10.2. The number of aryl methyl sites for hydroxylation is 2. The molecule has 0 heterocycles. The molecule has 0 aliphatic rings. The van der Waals surface area contributed by atoms with E-state index in [1.165, 1.54) is 11.1 Å². The van der Waals surface area contributed by atoms with E-state index in [0.717, 1.165) is 23.4 Å². The summed E-state index contributed by atoms with van der Waals surface area (Å²) >= 11 is 0. The zero-order valence-electron chi connectivity index (χ0n) is 14.0. The number of carbonyl (C=O) groups excluding carboxylic acids is 1. The summed E-state index contributed by atoms with van der Waals surface area (Å²) in [5.41, 5.74) is 4.44. The van der Waals surface area contributed by atoms with Gasteiger partial charge in [-0.25, -0.2) is 0 Å². The molecule has 4 nitrogen and oxygen atoms in total. The van der Waals surface area contributed by atoms with E-state index >= 15 is 0 Å². The highest BCUT2D eigenvalue weighted by atomic mass is 16.5. The zero-order chi connectivity index (χ0) is 16.7. The van der Waals surface area contributed by atoms with Gasteiger partial charge in [-0.2, -0.15) is 0 Å². The summed E-state index contributed by atoms with van der Waals surface area (Å²) in [6.07, 6.45) is 0.749. The van der Waals surface area contributed by atoms with Gasteiger partial charge < -0.3 is 15.4 Å². The molecule has 0 saturated heterocycles. The van der Waals surface area contributed by atoms with Gasteiger partial charge in [-0.3, -0.25) is 4.79 Å². The molecule has 0 unspecified atom stereocenters. The van der Waals surface area contributed by atoms with Crippen LogP contribution in [-0.4, -0.2) is 26.1 Å². The van der Waals surface area contributed by atoms with Gasteiger partial charge in [0.25, 0.3) is 0 Å². The van der Waals surface area contributed by atoms with Crippen molar-refractivity contribution in [1.29, 1.82) is 0 Å². The van der Waals surface area contributed by atoms with Crippen molar-refractivity contribution in [1.82, 2.24) is 5.32 Å². The molecule has 0 bridgehead atoms. The Morgan fingerprint density at radius 3 is 2.48 bits per heavy atom. The predicted molar refractivity (Wildman–Crippen MR) is 94.1 cm³/mol. The molecule has 0 spiro atoms. The van der Waals surface area contributed by atoms with Crippen LogP contribution in [0.1, 0.15) is 16.7 Å². The largest absolute Gasteiger partial charge is 0.496 e. The second kappa shape index (κ2) is 8.22. The van der Waals surface area contributed by atoms with Gasteiger partial charge in [0, 0.05) is 12.2 Å². The van der Waals surface area contributed by atoms with Crippen molar-refractivity contribution in [3.63, 3.8) is 0 Å². The molecule has 0 radical (unpaired) electrons. The van der Waals surface area contributed by atoms with E-state index in [1.807, 2.05) is 50.2 Å². The Balaban J connectivity index is 1.77. The number of hydrogen-bond acceptors (Lipinski definition) is 3. The summed E-state index contributed by atoms with van der Waals surface area (Å²) in [5.74, 6) is 0.842. The van der Waals surface area contributed by atoms with Crippen molar-refractivity contribution in [2.24, 2.45) is 0 Å². The summed E-state index contributed by atoms with van der Waals surface area (Å²) in [6.45, 7) is 4.96. The minimum absolute atomic E-state index is 0.0148. The van der Waals surface area contributed by atoms with Crippen LogP contribution in [0.5, 0.6) is 5.75 Å². The topological polar surface area (TPSA) is 50.4 Å². The third kappa shape index (κ3) is 5.33. The Bertz CT molecular complexity index is 648. The number of ether oxygens (including phenoxy) is 1. The van der Waals surface area contributed by atoms with Gasteiger partial charge in [-0.15, -0.1) is 0 Å².